The highest BCUT2D eigenvalue weighted by Gasteiger charge is 2.19. The standard InChI is InChI=1S/C23H23N3O4/c1-3-30-20(27)14-24-23(29)21-22(28)15(2)25-19(26-21)13-16-9-11-18(12-10-16)17-7-5-4-6-8-17/h4-12,28H,3,13-14H2,1-2H3,(H,24,29). The van der Waals surface area contributed by atoms with Crippen molar-refractivity contribution < 1.29 is 19.4 Å². The molecule has 0 spiro atoms. The van der Waals surface area contributed by atoms with Gasteiger partial charge in [0.05, 0.1) is 12.3 Å². The number of carbonyl (C=O) groups excluding carboxylic acids is 2. The Morgan fingerprint density at radius 1 is 1.00 bits per heavy atom. The van der Waals surface area contributed by atoms with Gasteiger partial charge in [-0.3, -0.25) is 9.59 Å². The van der Waals surface area contributed by atoms with Crippen LogP contribution < -0.4 is 5.32 Å². The van der Waals surface area contributed by atoms with Gasteiger partial charge >= 0.3 is 5.97 Å². The Balaban J connectivity index is 1.75. The number of ether oxygens (including phenoxy) is 1. The fourth-order valence-corrected chi connectivity index (χ4v) is 2.94. The van der Waals surface area contributed by atoms with Gasteiger partial charge in [-0.25, -0.2) is 9.97 Å². The zero-order chi connectivity index (χ0) is 21.5. The number of hydrogen-bond acceptors (Lipinski definition) is 6. The van der Waals surface area contributed by atoms with E-state index in [1.54, 1.807) is 13.8 Å². The minimum atomic E-state index is -0.660. The van der Waals surface area contributed by atoms with E-state index < -0.39 is 11.9 Å². The number of aryl methyl sites for hydroxylation is 1. The Hall–Kier alpha value is -3.74. The summed E-state index contributed by atoms with van der Waals surface area (Å²) in [5, 5.41) is 12.6. The summed E-state index contributed by atoms with van der Waals surface area (Å²) in [6, 6.07) is 18.0. The predicted molar refractivity (Wildman–Crippen MR) is 112 cm³/mol. The lowest BCUT2D eigenvalue weighted by Gasteiger charge is -2.10. The van der Waals surface area contributed by atoms with Gasteiger partial charge < -0.3 is 15.2 Å². The van der Waals surface area contributed by atoms with Gasteiger partial charge in [-0.1, -0.05) is 54.6 Å². The molecule has 0 saturated carbocycles. The molecule has 0 fully saturated rings. The average Bonchev–Trinajstić information content (AvgIpc) is 2.76. The third-order valence-electron chi connectivity index (χ3n) is 4.44. The second kappa shape index (κ2) is 9.65. The number of aromatic hydroxyl groups is 1. The molecular formula is C23H23N3O4. The lowest BCUT2D eigenvalue weighted by Crippen LogP contribution is -2.31. The van der Waals surface area contributed by atoms with Crippen LogP contribution >= 0.6 is 0 Å². The second-order valence-electron chi connectivity index (χ2n) is 6.65. The molecule has 2 aromatic carbocycles. The minimum Gasteiger partial charge on any atom is -0.504 e. The predicted octanol–water partition coefficient (Wildman–Crippen LogP) is 3.04. The lowest BCUT2D eigenvalue weighted by atomic mass is 10.0. The first kappa shape index (κ1) is 21.0. The maximum absolute atomic E-state index is 12.4. The molecule has 0 bridgehead atoms. The highest BCUT2D eigenvalue weighted by molar-refractivity contribution is 5.96. The Bertz CT molecular complexity index is 1030. The Kier molecular flexibility index (Phi) is 6.75. The molecule has 0 radical (unpaired) electrons. The maximum Gasteiger partial charge on any atom is 0.325 e. The van der Waals surface area contributed by atoms with Crippen molar-refractivity contribution in [3.63, 3.8) is 0 Å². The van der Waals surface area contributed by atoms with E-state index >= 15 is 0 Å². The van der Waals surface area contributed by atoms with E-state index in [1.807, 2.05) is 54.6 Å². The van der Waals surface area contributed by atoms with Crippen LogP contribution in [0.5, 0.6) is 5.75 Å². The summed E-state index contributed by atoms with van der Waals surface area (Å²) in [6.45, 7) is 3.20. The molecule has 154 valence electrons. The van der Waals surface area contributed by atoms with Crippen molar-refractivity contribution in [3.05, 3.63) is 77.4 Å². The van der Waals surface area contributed by atoms with E-state index in [-0.39, 0.29) is 24.6 Å². The van der Waals surface area contributed by atoms with Crippen LogP contribution in [-0.4, -0.2) is 40.1 Å². The summed E-state index contributed by atoms with van der Waals surface area (Å²) in [7, 11) is 0. The van der Waals surface area contributed by atoms with E-state index in [9.17, 15) is 14.7 Å². The van der Waals surface area contributed by atoms with E-state index in [2.05, 4.69) is 15.3 Å². The van der Waals surface area contributed by atoms with Gasteiger partial charge in [-0.15, -0.1) is 0 Å². The minimum absolute atomic E-state index is 0.164. The summed E-state index contributed by atoms with van der Waals surface area (Å²) in [5.74, 6) is -1.12. The molecule has 0 atom stereocenters. The zero-order valence-corrected chi connectivity index (χ0v) is 16.9. The number of amides is 1. The largest absolute Gasteiger partial charge is 0.504 e. The molecule has 1 aromatic heterocycles. The SMILES string of the molecule is CCOC(=O)CNC(=O)c1nc(Cc2ccc(-c3ccccc3)cc2)nc(C)c1O. The molecule has 0 unspecified atom stereocenters. The summed E-state index contributed by atoms with van der Waals surface area (Å²) in [5.41, 5.74) is 3.32. The maximum atomic E-state index is 12.4. The van der Waals surface area contributed by atoms with Crippen molar-refractivity contribution in [1.29, 1.82) is 0 Å². The van der Waals surface area contributed by atoms with Crippen LogP contribution in [0.2, 0.25) is 0 Å². The topological polar surface area (TPSA) is 101 Å². The lowest BCUT2D eigenvalue weighted by molar-refractivity contribution is -0.141. The fraction of sp³-hybridized carbons (Fsp3) is 0.217. The van der Waals surface area contributed by atoms with Crippen LogP contribution in [0.4, 0.5) is 0 Å². The van der Waals surface area contributed by atoms with Crippen LogP contribution in [0.25, 0.3) is 11.1 Å². The molecule has 1 heterocycles. The summed E-state index contributed by atoms with van der Waals surface area (Å²) < 4.78 is 4.78. The number of aromatic nitrogens is 2. The number of hydrogen-bond donors (Lipinski definition) is 2. The molecule has 0 aliphatic carbocycles. The van der Waals surface area contributed by atoms with Crippen LogP contribution in [-0.2, 0) is 16.0 Å². The monoisotopic (exact) mass is 405 g/mol. The third kappa shape index (κ3) is 5.20. The molecular weight excluding hydrogens is 382 g/mol. The van der Waals surface area contributed by atoms with Gasteiger partial charge in [0.2, 0.25) is 0 Å². The first-order valence-corrected chi connectivity index (χ1v) is 9.62. The van der Waals surface area contributed by atoms with Gasteiger partial charge in [0.15, 0.2) is 11.4 Å². The molecule has 0 aliphatic heterocycles. The highest BCUT2D eigenvalue weighted by atomic mass is 16.5. The summed E-state index contributed by atoms with van der Waals surface area (Å²) in [4.78, 5) is 32.3. The van der Waals surface area contributed by atoms with Crippen molar-refractivity contribution >= 4 is 11.9 Å². The second-order valence-corrected chi connectivity index (χ2v) is 6.65. The first-order chi connectivity index (χ1) is 14.5. The smallest absolute Gasteiger partial charge is 0.325 e. The molecule has 3 aromatic rings. The van der Waals surface area contributed by atoms with Crippen molar-refractivity contribution in [1.82, 2.24) is 15.3 Å². The average molecular weight is 405 g/mol. The van der Waals surface area contributed by atoms with E-state index in [0.717, 1.165) is 16.7 Å². The number of carbonyl (C=O) groups is 2. The van der Waals surface area contributed by atoms with Crippen molar-refractivity contribution in [2.24, 2.45) is 0 Å². The van der Waals surface area contributed by atoms with Gasteiger partial charge in [-0.2, -0.15) is 0 Å². The highest BCUT2D eigenvalue weighted by Crippen LogP contribution is 2.22. The van der Waals surface area contributed by atoms with E-state index in [4.69, 9.17) is 4.74 Å². The van der Waals surface area contributed by atoms with Crippen molar-refractivity contribution in [2.45, 2.75) is 20.3 Å². The van der Waals surface area contributed by atoms with Crippen LogP contribution in [0.3, 0.4) is 0 Å². The molecule has 7 heteroatoms. The number of benzene rings is 2. The Morgan fingerprint density at radius 2 is 1.67 bits per heavy atom. The van der Waals surface area contributed by atoms with Gasteiger partial charge in [-0.05, 0) is 30.5 Å². The number of nitrogens with one attached hydrogen (secondary N) is 1. The van der Waals surface area contributed by atoms with Crippen molar-refractivity contribution in [3.8, 4) is 16.9 Å². The summed E-state index contributed by atoms with van der Waals surface area (Å²) in [6.07, 6.45) is 0.397. The number of rotatable bonds is 7. The van der Waals surface area contributed by atoms with E-state index in [0.29, 0.717) is 17.9 Å². The zero-order valence-electron chi connectivity index (χ0n) is 16.9. The number of esters is 1. The molecule has 7 nitrogen and oxygen atoms in total. The molecule has 3 rings (SSSR count). The first-order valence-electron chi connectivity index (χ1n) is 9.62. The Labute approximate surface area is 174 Å². The number of nitrogens with zero attached hydrogens (tertiary/aromatic N) is 2. The molecule has 1 amide bonds. The van der Waals surface area contributed by atoms with Crippen molar-refractivity contribution in [2.75, 3.05) is 13.2 Å². The quantitative estimate of drug-likeness (QED) is 0.586. The van der Waals surface area contributed by atoms with Gasteiger partial charge in [0, 0.05) is 6.42 Å². The third-order valence-corrected chi connectivity index (χ3v) is 4.44. The van der Waals surface area contributed by atoms with Crippen LogP contribution in [0.15, 0.2) is 54.6 Å². The molecule has 30 heavy (non-hydrogen) atoms. The fourth-order valence-electron chi connectivity index (χ4n) is 2.94. The molecule has 2 N–H and O–H groups in total. The van der Waals surface area contributed by atoms with Crippen LogP contribution in [0, 0.1) is 6.92 Å². The summed E-state index contributed by atoms with van der Waals surface area (Å²) >= 11 is 0. The van der Waals surface area contributed by atoms with Gasteiger partial charge in [0.25, 0.3) is 5.91 Å². The molecule has 0 saturated heterocycles. The van der Waals surface area contributed by atoms with E-state index in [1.165, 1.54) is 0 Å². The van der Waals surface area contributed by atoms with Crippen LogP contribution in [0.1, 0.15) is 34.5 Å². The molecule has 0 aliphatic rings. The normalized spacial score (nSPS) is 10.5. The van der Waals surface area contributed by atoms with Gasteiger partial charge in [0.1, 0.15) is 12.4 Å². The Morgan fingerprint density at radius 3 is 2.33 bits per heavy atom.